The molecule has 0 saturated carbocycles. The van der Waals surface area contributed by atoms with E-state index in [0.717, 1.165) is 38.5 Å². The number of ether oxygens (including phenoxy) is 6. The summed E-state index contributed by atoms with van der Waals surface area (Å²) in [5, 5.41) is 72.2. The molecule has 2 heterocycles. The third-order valence-electron chi connectivity index (χ3n) is 13.1. The van der Waals surface area contributed by atoms with E-state index in [1.807, 2.05) is 6.08 Å². The molecule has 2 aliphatic rings. The summed E-state index contributed by atoms with van der Waals surface area (Å²) in [6.45, 7) is 2.56. The Bertz CT molecular complexity index is 1360. The van der Waals surface area contributed by atoms with Gasteiger partial charge in [-0.15, -0.1) is 0 Å². The van der Waals surface area contributed by atoms with Crippen molar-refractivity contribution in [2.75, 3.05) is 26.4 Å². The van der Waals surface area contributed by atoms with Crippen molar-refractivity contribution in [3.8, 4) is 0 Å². The molecule has 15 nitrogen and oxygen atoms in total. The minimum absolute atomic E-state index is 0.0953. The third-order valence-corrected chi connectivity index (χ3v) is 13.1. The Morgan fingerprint density at radius 3 is 1.39 bits per heavy atom. The van der Waals surface area contributed by atoms with E-state index in [0.29, 0.717) is 19.3 Å². The van der Waals surface area contributed by atoms with E-state index < -0.39 is 99.3 Å². The highest BCUT2D eigenvalue weighted by atomic mass is 16.7. The largest absolute Gasteiger partial charge is 0.462 e. The summed E-state index contributed by atoms with van der Waals surface area (Å²) in [7, 11) is 0. The van der Waals surface area contributed by atoms with E-state index in [1.165, 1.54) is 122 Å². The lowest BCUT2D eigenvalue weighted by molar-refractivity contribution is -0.332. The first-order chi connectivity index (χ1) is 34.0. The van der Waals surface area contributed by atoms with Crippen LogP contribution in [0, 0.1) is 0 Å². The predicted octanol–water partition coefficient (Wildman–Crippen LogP) is 8.49. The molecule has 2 rings (SSSR count). The number of carbonyl (C=O) groups excluding carboxylic acids is 2. The maximum Gasteiger partial charge on any atom is 0.306 e. The fourth-order valence-corrected chi connectivity index (χ4v) is 8.59. The van der Waals surface area contributed by atoms with Crippen molar-refractivity contribution in [1.82, 2.24) is 0 Å². The normalized spacial score (nSPS) is 25.6. The van der Waals surface area contributed by atoms with Crippen molar-refractivity contribution in [2.45, 2.75) is 274 Å². The van der Waals surface area contributed by atoms with Crippen molar-refractivity contribution >= 4 is 11.9 Å². The minimum Gasteiger partial charge on any atom is -0.462 e. The van der Waals surface area contributed by atoms with Gasteiger partial charge in [-0.25, -0.2) is 0 Å². The topological polar surface area (TPSA) is 231 Å². The van der Waals surface area contributed by atoms with Gasteiger partial charge < -0.3 is 64.2 Å². The van der Waals surface area contributed by atoms with Crippen LogP contribution in [-0.2, 0) is 38.0 Å². The highest BCUT2D eigenvalue weighted by Gasteiger charge is 2.47. The van der Waals surface area contributed by atoms with E-state index in [2.05, 4.69) is 44.2 Å². The van der Waals surface area contributed by atoms with Crippen LogP contribution in [0.2, 0.25) is 0 Å². The predicted molar refractivity (Wildman–Crippen MR) is 270 cm³/mol. The van der Waals surface area contributed by atoms with Crippen molar-refractivity contribution in [2.24, 2.45) is 0 Å². The van der Waals surface area contributed by atoms with Crippen LogP contribution in [0.4, 0.5) is 0 Å². The molecule has 0 amide bonds. The fraction of sp³-hybridized carbons (Fsp3) is 0.855. The monoisotopic (exact) mass is 999 g/mol. The molecule has 0 radical (unpaired) electrons. The number of aliphatic hydroxyl groups is 7. The summed E-state index contributed by atoms with van der Waals surface area (Å²) in [4.78, 5) is 25.8. The average molecular weight is 999 g/mol. The third kappa shape index (κ3) is 29.4. The Morgan fingerprint density at radius 1 is 0.457 bits per heavy atom. The molecule has 0 aliphatic carbocycles. The molecule has 0 aromatic carbocycles. The first-order valence-electron chi connectivity index (χ1n) is 27.6. The fourth-order valence-electron chi connectivity index (χ4n) is 8.59. The summed E-state index contributed by atoms with van der Waals surface area (Å²) >= 11 is 0. The number of rotatable bonds is 43. The number of allylic oxidation sites excluding steroid dienone is 6. The molecule has 0 bridgehead atoms. The lowest BCUT2D eigenvalue weighted by atomic mass is 9.98. The van der Waals surface area contributed by atoms with E-state index in [9.17, 15) is 45.3 Å². The second-order valence-corrected chi connectivity index (χ2v) is 19.4. The molecule has 11 atom stereocenters. The quantitative estimate of drug-likeness (QED) is 0.0173. The number of aliphatic hydroxyl groups excluding tert-OH is 7. The lowest BCUT2D eigenvalue weighted by Crippen LogP contribution is -2.61. The Labute approximate surface area is 421 Å². The molecule has 2 aliphatic heterocycles. The zero-order valence-electron chi connectivity index (χ0n) is 43.3. The number of carbonyl (C=O) groups is 2. The van der Waals surface area contributed by atoms with Gasteiger partial charge in [0.05, 0.1) is 19.8 Å². The Hall–Kier alpha value is -2.28. The lowest BCUT2D eigenvalue weighted by Gasteiger charge is -2.42. The zero-order valence-corrected chi connectivity index (χ0v) is 43.3. The molecule has 2 fully saturated rings. The van der Waals surface area contributed by atoms with Gasteiger partial charge in [-0.1, -0.05) is 185 Å². The maximum absolute atomic E-state index is 13.0. The summed E-state index contributed by atoms with van der Waals surface area (Å²) in [5.41, 5.74) is 0. The smallest absolute Gasteiger partial charge is 0.306 e. The second-order valence-electron chi connectivity index (χ2n) is 19.4. The van der Waals surface area contributed by atoms with E-state index in [-0.39, 0.29) is 19.4 Å². The van der Waals surface area contributed by atoms with Gasteiger partial charge >= 0.3 is 11.9 Å². The summed E-state index contributed by atoms with van der Waals surface area (Å²) in [6, 6.07) is 0. The minimum atomic E-state index is -1.77. The van der Waals surface area contributed by atoms with Crippen molar-refractivity contribution in [3.05, 3.63) is 36.5 Å². The molecule has 4 unspecified atom stereocenters. The maximum atomic E-state index is 13.0. The van der Waals surface area contributed by atoms with Crippen LogP contribution >= 0.6 is 0 Å². The zero-order chi connectivity index (χ0) is 51.0. The van der Waals surface area contributed by atoms with Crippen molar-refractivity contribution in [1.29, 1.82) is 0 Å². The number of hydrogen-bond acceptors (Lipinski definition) is 15. The molecule has 2 saturated heterocycles. The molecule has 0 aromatic rings. The van der Waals surface area contributed by atoms with Gasteiger partial charge in [0.25, 0.3) is 0 Å². The van der Waals surface area contributed by atoms with E-state index in [1.54, 1.807) is 0 Å². The number of esters is 2. The Kier molecular flexibility index (Phi) is 38.4. The van der Waals surface area contributed by atoms with Crippen LogP contribution < -0.4 is 0 Å². The molecule has 408 valence electrons. The number of unbranched alkanes of at least 4 members (excludes halogenated alkanes) is 23. The van der Waals surface area contributed by atoms with Gasteiger partial charge in [0.2, 0.25) is 0 Å². The van der Waals surface area contributed by atoms with Crippen LogP contribution in [0.5, 0.6) is 0 Å². The van der Waals surface area contributed by atoms with Gasteiger partial charge in [-0.2, -0.15) is 0 Å². The molecule has 0 spiro atoms. The molecule has 7 N–H and O–H groups in total. The molecule has 0 aromatic heterocycles. The Morgan fingerprint density at radius 2 is 0.871 bits per heavy atom. The Balaban J connectivity index is 1.80. The number of hydrogen-bond donors (Lipinski definition) is 7. The van der Waals surface area contributed by atoms with E-state index in [4.69, 9.17) is 28.4 Å². The first-order valence-corrected chi connectivity index (χ1v) is 27.6. The molecular weight excluding hydrogens is 901 g/mol. The summed E-state index contributed by atoms with van der Waals surface area (Å²) in [6.07, 6.45) is 28.9. The molecule has 15 heteroatoms. The van der Waals surface area contributed by atoms with Gasteiger partial charge in [-0.3, -0.25) is 9.59 Å². The van der Waals surface area contributed by atoms with Gasteiger partial charge in [0.15, 0.2) is 18.7 Å². The van der Waals surface area contributed by atoms with Crippen molar-refractivity contribution in [3.63, 3.8) is 0 Å². The van der Waals surface area contributed by atoms with Crippen LogP contribution in [0.15, 0.2) is 36.5 Å². The standard InChI is InChI=1S/C55H98O15/c1-3-5-7-9-11-13-15-17-19-21-23-25-27-29-31-33-35-37-46(57)65-40-43(68-47(58)38-36-34-32-30-28-26-24-22-20-18-16-14-12-10-8-6-4-2)41-66-54-53(64)51(62)49(60)45(70-54)42-67-55-52(63)50(61)48(59)44(39-56)69-55/h18,20,24,26,30,32,43-45,48-56,59-64H,3-17,19,21-23,25,27-29,31,33-42H2,1-2H3/b20-18+,26-24+,32-30+/t43-,44+,45+,48-,49-,50?,51?,52?,53?,54+,55+/m0/s1. The van der Waals surface area contributed by atoms with Crippen LogP contribution in [0.1, 0.15) is 206 Å². The van der Waals surface area contributed by atoms with Gasteiger partial charge in [-0.05, 0) is 44.9 Å². The highest BCUT2D eigenvalue weighted by Crippen LogP contribution is 2.26. The highest BCUT2D eigenvalue weighted by molar-refractivity contribution is 5.70. The van der Waals surface area contributed by atoms with Crippen LogP contribution in [0.3, 0.4) is 0 Å². The summed E-state index contributed by atoms with van der Waals surface area (Å²) in [5.74, 6) is -0.978. The SMILES string of the molecule is CCCCCCCC/C=C/C/C=C/C/C=C/CCCC(=O)O[C@@H](COC(=O)CCCCCCCCCCCCCCCCCCC)CO[C@@H]1O[C@H](CO[C@@H]2O[C@H](CO)[C@H](O)C(O)C2O)[C@H](O)C(O)C1O. The molecular formula is C55H98O15. The summed E-state index contributed by atoms with van der Waals surface area (Å²) < 4.78 is 33.6. The average Bonchev–Trinajstić information content (AvgIpc) is 3.35. The first kappa shape index (κ1) is 63.8. The second kappa shape index (κ2) is 42.1. The van der Waals surface area contributed by atoms with Crippen LogP contribution in [-0.4, -0.2) is 142 Å². The van der Waals surface area contributed by atoms with Gasteiger partial charge in [0, 0.05) is 12.8 Å². The molecule has 70 heavy (non-hydrogen) atoms. The van der Waals surface area contributed by atoms with E-state index >= 15 is 0 Å². The van der Waals surface area contributed by atoms with Gasteiger partial charge in [0.1, 0.15) is 55.4 Å². The van der Waals surface area contributed by atoms with Crippen molar-refractivity contribution < 1.29 is 73.8 Å². The van der Waals surface area contributed by atoms with Crippen LogP contribution in [0.25, 0.3) is 0 Å².